The van der Waals surface area contributed by atoms with Crippen LogP contribution < -0.4 is 0 Å². The predicted octanol–water partition coefficient (Wildman–Crippen LogP) is 3.62. The van der Waals surface area contributed by atoms with Crippen molar-refractivity contribution in [1.29, 1.82) is 0 Å². The van der Waals surface area contributed by atoms with Crippen LogP contribution in [0.15, 0.2) is 17.5 Å². The third kappa shape index (κ3) is 2.50. The van der Waals surface area contributed by atoms with Crippen LogP contribution in [0, 0.1) is 12.3 Å². The monoisotopic (exact) mass is 222 g/mol. The maximum Gasteiger partial charge on any atom is 0.0732 e. The molecule has 1 aromatic rings. The predicted molar refractivity (Wildman–Crippen MR) is 66.1 cm³/mol. The molecule has 1 heterocycles. The average molecular weight is 222 g/mol. The molecular weight excluding hydrogens is 204 g/mol. The number of aliphatic hydroxyl groups is 1. The van der Waals surface area contributed by atoms with E-state index in [-0.39, 0.29) is 11.5 Å². The van der Waals surface area contributed by atoms with Gasteiger partial charge in [-0.3, -0.25) is 0 Å². The van der Waals surface area contributed by atoms with Crippen molar-refractivity contribution in [3.63, 3.8) is 0 Å². The van der Waals surface area contributed by atoms with Crippen molar-refractivity contribution < 1.29 is 5.11 Å². The molecule has 0 saturated carbocycles. The highest BCUT2D eigenvalue weighted by Gasteiger charge is 2.28. The molecule has 1 aliphatic carbocycles. The van der Waals surface area contributed by atoms with E-state index in [1.165, 1.54) is 16.0 Å². The van der Waals surface area contributed by atoms with Crippen molar-refractivity contribution in [1.82, 2.24) is 0 Å². The Morgan fingerprint density at radius 2 is 2.20 bits per heavy atom. The number of thiophene rings is 1. The molecule has 0 amide bonds. The Hall–Kier alpha value is -0.600. The molecule has 0 fully saturated rings. The van der Waals surface area contributed by atoms with Gasteiger partial charge in [0.15, 0.2) is 0 Å². The fraction of sp³-hybridized carbons (Fsp3) is 0.538. The van der Waals surface area contributed by atoms with Crippen molar-refractivity contribution >= 4 is 16.9 Å². The molecule has 82 valence electrons. The molecule has 0 aliphatic heterocycles. The minimum atomic E-state index is -0.274. The Morgan fingerprint density at radius 3 is 2.73 bits per heavy atom. The van der Waals surface area contributed by atoms with E-state index < -0.39 is 0 Å². The van der Waals surface area contributed by atoms with E-state index in [0.29, 0.717) is 0 Å². The SMILES string of the molecule is Cc1cc(C2=CC(O)CC(C)(C)C2)cs1. The van der Waals surface area contributed by atoms with Crippen LogP contribution in [0.4, 0.5) is 0 Å². The molecule has 2 rings (SSSR count). The lowest BCUT2D eigenvalue weighted by Crippen LogP contribution is -2.24. The maximum absolute atomic E-state index is 9.81. The van der Waals surface area contributed by atoms with Gasteiger partial charge in [-0.25, -0.2) is 0 Å². The lowest BCUT2D eigenvalue weighted by molar-refractivity contribution is 0.146. The van der Waals surface area contributed by atoms with Crippen molar-refractivity contribution in [3.8, 4) is 0 Å². The highest BCUT2D eigenvalue weighted by Crippen LogP contribution is 2.40. The van der Waals surface area contributed by atoms with Crippen LogP contribution >= 0.6 is 11.3 Å². The van der Waals surface area contributed by atoms with Gasteiger partial charge in [-0.05, 0) is 47.8 Å². The second-order valence-corrected chi connectivity index (χ2v) is 6.37. The van der Waals surface area contributed by atoms with Crippen molar-refractivity contribution in [2.24, 2.45) is 5.41 Å². The minimum Gasteiger partial charge on any atom is -0.389 e. The number of aryl methyl sites for hydroxylation is 1. The third-order valence-corrected chi connectivity index (χ3v) is 3.79. The van der Waals surface area contributed by atoms with Crippen LogP contribution in [0.1, 0.15) is 37.1 Å². The van der Waals surface area contributed by atoms with E-state index in [4.69, 9.17) is 0 Å². The Bertz CT molecular complexity index is 387. The topological polar surface area (TPSA) is 20.2 Å². The molecule has 1 aromatic heterocycles. The lowest BCUT2D eigenvalue weighted by atomic mass is 9.75. The van der Waals surface area contributed by atoms with Gasteiger partial charge in [-0.2, -0.15) is 0 Å². The third-order valence-electron chi connectivity index (χ3n) is 2.93. The van der Waals surface area contributed by atoms with Gasteiger partial charge in [0.25, 0.3) is 0 Å². The van der Waals surface area contributed by atoms with E-state index in [2.05, 4.69) is 32.2 Å². The van der Waals surface area contributed by atoms with E-state index in [9.17, 15) is 5.11 Å². The number of allylic oxidation sites excluding steroid dienone is 1. The summed E-state index contributed by atoms with van der Waals surface area (Å²) in [7, 11) is 0. The summed E-state index contributed by atoms with van der Waals surface area (Å²) in [6.45, 7) is 6.57. The molecule has 1 atom stereocenters. The van der Waals surface area contributed by atoms with Gasteiger partial charge in [-0.15, -0.1) is 11.3 Å². The van der Waals surface area contributed by atoms with E-state index in [0.717, 1.165) is 12.8 Å². The minimum absolute atomic E-state index is 0.222. The van der Waals surface area contributed by atoms with Crippen molar-refractivity contribution in [3.05, 3.63) is 28.0 Å². The van der Waals surface area contributed by atoms with Gasteiger partial charge in [0, 0.05) is 4.88 Å². The Labute approximate surface area is 95.5 Å². The molecule has 1 nitrogen and oxygen atoms in total. The first-order valence-electron chi connectivity index (χ1n) is 5.40. The highest BCUT2D eigenvalue weighted by atomic mass is 32.1. The molecule has 0 bridgehead atoms. The Kier molecular flexibility index (Phi) is 2.73. The van der Waals surface area contributed by atoms with Gasteiger partial charge in [0.05, 0.1) is 6.10 Å². The quantitative estimate of drug-likeness (QED) is 0.769. The zero-order valence-corrected chi connectivity index (χ0v) is 10.4. The Morgan fingerprint density at radius 1 is 1.47 bits per heavy atom. The molecule has 0 aromatic carbocycles. The van der Waals surface area contributed by atoms with Crippen LogP contribution in [-0.2, 0) is 0 Å². The van der Waals surface area contributed by atoms with E-state index >= 15 is 0 Å². The normalized spacial score (nSPS) is 25.1. The zero-order chi connectivity index (χ0) is 11.1. The van der Waals surface area contributed by atoms with Crippen LogP contribution in [-0.4, -0.2) is 11.2 Å². The molecular formula is C13H18OS. The van der Waals surface area contributed by atoms with Crippen molar-refractivity contribution in [2.75, 3.05) is 0 Å². The summed E-state index contributed by atoms with van der Waals surface area (Å²) in [6.07, 6.45) is 3.69. The fourth-order valence-electron chi connectivity index (χ4n) is 2.31. The first-order chi connectivity index (χ1) is 6.96. The standard InChI is InChI=1S/C13H18OS/c1-9-4-11(8-15-9)10-5-12(14)7-13(2,3)6-10/h4-5,8,12,14H,6-7H2,1-3H3. The second kappa shape index (κ2) is 3.76. The highest BCUT2D eigenvalue weighted by molar-refractivity contribution is 7.10. The lowest BCUT2D eigenvalue weighted by Gasteiger charge is -2.32. The summed E-state index contributed by atoms with van der Waals surface area (Å²) < 4.78 is 0. The Balaban J connectivity index is 2.29. The first-order valence-corrected chi connectivity index (χ1v) is 6.28. The number of rotatable bonds is 1. The van der Waals surface area contributed by atoms with E-state index in [1.54, 1.807) is 11.3 Å². The summed E-state index contributed by atoms with van der Waals surface area (Å²) in [5.74, 6) is 0. The number of hydrogen-bond acceptors (Lipinski definition) is 2. The fourth-order valence-corrected chi connectivity index (χ4v) is 3.04. The molecule has 0 saturated heterocycles. The zero-order valence-electron chi connectivity index (χ0n) is 9.58. The smallest absolute Gasteiger partial charge is 0.0732 e. The van der Waals surface area contributed by atoms with Crippen LogP contribution in [0.3, 0.4) is 0 Å². The summed E-state index contributed by atoms with van der Waals surface area (Å²) in [5.41, 5.74) is 2.83. The first kappa shape index (κ1) is 10.9. The molecule has 1 aliphatic rings. The summed E-state index contributed by atoms with van der Waals surface area (Å²) >= 11 is 1.78. The van der Waals surface area contributed by atoms with Crippen LogP contribution in [0.5, 0.6) is 0 Å². The summed E-state index contributed by atoms with van der Waals surface area (Å²) in [6, 6.07) is 2.21. The second-order valence-electron chi connectivity index (χ2n) is 5.25. The van der Waals surface area contributed by atoms with Crippen LogP contribution in [0.2, 0.25) is 0 Å². The average Bonchev–Trinajstić information content (AvgIpc) is 2.48. The largest absolute Gasteiger partial charge is 0.389 e. The van der Waals surface area contributed by atoms with Gasteiger partial charge < -0.3 is 5.11 Å². The summed E-state index contributed by atoms with van der Waals surface area (Å²) in [5, 5.41) is 12.0. The summed E-state index contributed by atoms with van der Waals surface area (Å²) in [4.78, 5) is 1.34. The molecule has 1 N–H and O–H groups in total. The van der Waals surface area contributed by atoms with Crippen LogP contribution in [0.25, 0.3) is 5.57 Å². The number of hydrogen-bond donors (Lipinski definition) is 1. The van der Waals surface area contributed by atoms with Gasteiger partial charge in [-0.1, -0.05) is 19.9 Å². The molecule has 2 heteroatoms. The molecule has 0 radical (unpaired) electrons. The molecule has 0 spiro atoms. The van der Waals surface area contributed by atoms with Crippen molar-refractivity contribution in [2.45, 2.75) is 39.7 Å². The van der Waals surface area contributed by atoms with E-state index in [1.807, 2.05) is 6.08 Å². The van der Waals surface area contributed by atoms with Gasteiger partial charge in [0.2, 0.25) is 0 Å². The molecule has 1 unspecified atom stereocenters. The van der Waals surface area contributed by atoms with Gasteiger partial charge in [0.1, 0.15) is 0 Å². The maximum atomic E-state index is 9.81. The number of aliphatic hydroxyl groups excluding tert-OH is 1. The molecule has 15 heavy (non-hydrogen) atoms. The van der Waals surface area contributed by atoms with Gasteiger partial charge >= 0.3 is 0 Å².